The zero-order chi connectivity index (χ0) is 14.7. The number of halogens is 1. The van der Waals surface area contributed by atoms with Crippen LogP contribution in [0, 0.1) is 5.82 Å². The summed E-state index contributed by atoms with van der Waals surface area (Å²) in [6, 6.07) is 3.73. The number of nitrogens with zero attached hydrogens (tertiary/aromatic N) is 1. The number of methoxy groups -OCH3 is 1. The van der Waals surface area contributed by atoms with Crippen LogP contribution < -0.4 is 10.1 Å². The highest BCUT2D eigenvalue weighted by Gasteiger charge is 2.32. The number of amides is 2. The van der Waals surface area contributed by atoms with E-state index in [1.165, 1.54) is 31.1 Å². The maximum atomic E-state index is 13.5. The molecule has 0 aliphatic carbocycles. The van der Waals surface area contributed by atoms with Crippen molar-refractivity contribution in [2.24, 2.45) is 0 Å². The lowest BCUT2D eigenvalue weighted by atomic mass is 10.2. The molecule has 1 heterocycles. The SMILES string of the molecule is COc1ccc(NC(=O)[C@H]2CCCN2C(C)=O)cc1F. The van der Waals surface area contributed by atoms with Gasteiger partial charge in [0.1, 0.15) is 6.04 Å². The Hall–Kier alpha value is -2.11. The number of ether oxygens (including phenoxy) is 1. The predicted octanol–water partition coefficient (Wildman–Crippen LogP) is 1.78. The molecule has 1 aliphatic heterocycles. The minimum absolute atomic E-state index is 0.120. The van der Waals surface area contributed by atoms with Gasteiger partial charge < -0.3 is 15.0 Å². The Balaban J connectivity index is 2.08. The van der Waals surface area contributed by atoms with Crippen LogP contribution in [-0.4, -0.2) is 36.4 Å². The zero-order valence-electron chi connectivity index (χ0n) is 11.5. The Labute approximate surface area is 116 Å². The highest BCUT2D eigenvalue weighted by atomic mass is 19.1. The van der Waals surface area contributed by atoms with E-state index < -0.39 is 11.9 Å². The molecule has 2 rings (SSSR count). The fraction of sp³-hybridized carbons (Fsp3) is 0.429. The Bertz CT molecular complexity index is 533. The van der Waals surface area contributed by atoms with Gasteiger partial charge in [-0.05, 0) is 25.0 Å². The average Bonchev–Trinajstić information content (AvgIpc) is 2.88. The summed E-state index contributed by atoms with van der Waals surface area (Å²) in [6.07, 6.45) is 1.43. The van der Waals surface area contributed by atoms with E-state index in [2.05, 4.69) is 5.32 Å². The van der Waals surface area contributed by atoms with E-state index >= 15 is 0 Å². The third-order valence-corrected chi connectivity index (χ3v) is 3.38. The molecule has 0 bridgehead atoms. The maximum Gasteiger partial charge on any atom is 0.247 e. The Morgan fingerprint density at radius 2 is 2.20 bits per heavy atom. The second-order valence-electron chi connectivity index (χ2n) is 4.71. The van der Waals surface area contributed by atoms with Gasteiger partial charge in [-0.1, -0.05) is 0 Å². The minimum Gasteiger partial charge on any atom is -0.494 e. The van der Waals surface area contributed by atoms with E-state index in [0.717, 1.165) is 6.42 Å². The lowest BCUT2D eigenvalue weighted by molar-refractivity contribution is -0.134. The van der Waals surface area contributed by atoms with E-state index in [-0.39, 0.29) is 17.6 Å². The predicted molar refractivity (Wildman–Crippen MR) is 72.0 cm³/mol. The normalized spacial score (nSPS) is 17.9. The zero-order valence-corrected chi connectivity index (χ0v) is 11.5. The Morgan fingerprint density at radius 3 is 2.80 bits per heavy atom. The first-order valence-electron chi connectivity index (χ1n) is 6.44. The van der Waals surface area contributed by atoms with Gasteiger partial charge in [0, 0.05) is 25.2 Å². The van der Waals surface area contributed by atoms with Gasteiger partial charge in [0.15, 0.2) is 11.6 Å². The van der Waals surface area contributed by atoms with Crippen molar-refractivity contribution in [2.45, 2.75) is 25.8 Å². The van der Waals surface area contributed by atoms with Crippen LogP contribution in [0.25, 0.3) is 0 Å². The number of anilines is 1. The van der Waals surface area contributed by atoms with Gasteiger partial charge in [0.25, 0.3) is 0 Å². The van der Waals surface area contributed by atoms with Crippen LogP contribution in [0.3, 0.4) is 0 Å². The second kappa shape index (κ2) is 5.90. The standard InChI is InChI=1S/C14H17FN2O3/c1-9(18)17-7-3-4-12(17)14(19)16-10-5-6-13(20-2)11(15)8-10/h5-6,8,12H,3-4,7H2,1-2H3,(H,16,19)/t12-/m1/s1. The lowest BCUT2D eigenvalue weighted by Crippen LogP contribution is -2.42. The minimum atomic E-state index is -0.542. The summed E-state index contributed by atoms with van der Waals surface area (Å²) < 4.78 is 18.4. The molecule has 1 fully saturated rings. The molecule has 0 unspecified atom stereocenters. The van der Waals surface area contributed by atoms with Gasteiger partial charge in [-0.25, -0.2) is 4.39 Å². The van der Waals surface area contributed by atoms with Gasteiger partial charge in [-0.3, -0.25) is 9.59 Å². The average molecular weight is 280 g/mol. The molecular formula is C14H17FN2O3. The number of nitrogens with one attached hydrogen (secondary N) is 1. The number of hydrogen-bond donors (Lipinski definition) is 1. The number of carbonyl (C=O) groups excluding carboxylic acids is 2. The molecule has 1 saturated heterocycles. The van der Waals surface area contributed by atoms with Crippen LogP contribution in [0.15, 0.2) is 18.2 Å². The summed E-state index contributed by atoms with van der Waals surface area (Å²) in [5.41, 5.74) is 0.351. The lowest BCUT2D eigenvalue weighted by Gasteiger charge is -2.22. The topological polar surface area (TPSA) is 58.6 Å². The smallest absolute Gasteiger partial charge is 0.247 e. The van der Waals surface area contributed by atoms with Gasteiger partial charge >= 0.3 is 0 Å². The van der Waals surface area contributed by atoms with E-state index in [9.17, 15) is 14.0 Å². The van der Waals surface area contributed by atoms with Crippen molar-refractivity contribution in [3.63, 3.8) is 0 Å². The number of rotatable bonds is 3. The summed E-state index contributed by atoms with van der Waals surface area (Å²) in [5.74, 6) is -0.833. The summed E-state index contributed by atoms with van der Waals surface area (Å²) in [5, 5.41) is 2.63. The van der Waals surface area contributed by atoms with Crippen LogP contribution in [0.1, 0.15) is 19.8 Å². The number of carbonyl (C=O) groups is 2. The number of hydrogen-bond acceptors (Lipinski definition) is 3. The first-order chi connectivity index (χ1) is 9.52. The molecule has 1 aromatic rings. The monoisotopic (exact) mass is 280 g/mol. The number of benzene rings is 1. The fourth-order valence-corrected chi connectivity index (χ4v) is 2.39. The highest BCUT2D eigenvalue weighted by Crippen LogP contribution is 2.23. The van der Waals surface area contributed by atoms with Crippen molar-refractivity contribution >= 4 is 17.5 Å². The van der Waals surface area contributed by atoms with Gasteiger partial charge in [0.05, 0.1) is 7.11 Å². The van der Waals surface area contributed by atoms with Crippen molar-refractivity contribution in [3.05, 3.63) is 24.0 Å². The molecule has 1 aromatic carbocycles. The van der Waals surface area contributed by atoms with Crippen molar-refractivity contribution < 1.29 is 18.7 Å². The summed E-state index contributed by atoms with van der Waals surface area (Å²) in [6.45, 7) is 2.03. The van der Waals surface area contributed by atoms with E-state index in [1.807, 2.05) is 0 Å². The quantitative estimate of drug-likeness (QED) is 0.918. The molecule has 1 N–H and O–H groups in total. The van der Waals surface area contributed by atoms with Crippen molar-refractivity contribution in [2.75, 3.05) is 19.0 Å². The molecule has 0 saturated carbocycles. The van der Waals surface area contributed by atoms with Crippen LogP contribution in [0.2, 0.25) is 0 Å². The molecule has 5 nitrogen and oxygen atoms in total. The Morgan fingerprint density at radius 1 is 1.45 bits per heavy atom. The van der Waals surface area contributed by atoms with Crippen molar-refractivity contribution in [1.82, 2.24) is 4.90 Å². The molecular weight excluding hydrogens is 263 g/mol. The molecule has 0 spiro atoms. The molecule has 0 aromatic heterocycles. The summed E-state index contributed by atoms with van der Waals surface area (Å²) >= 11 is 0. The van der Waals surface area contributed by atoms with E-state index in [0.29, 0.717) is 18.7 Å². The van der Waals surface area contributed by atoms with Crippen molar-refractivity contribution in [1.29, 1.82) is 0 Å². The molecule has 108 valence electrons. The third kappa shape index (κ3) is 2.89. The third-order valence-electron chi connectivity index (χ3n) is 3.38. The second-order valence-corrected chi connectivity index (χ2v) is 4.71. The first kappa shape index (κ1) is 14.3. The number of likely N-dealkylation sites (tertiary alicyclic amines) is 1. The largest absolute Gasteiger partial charge is 0.494 e. The van der Waals surface area contributed by atoms with Gasteiger partial charge in [-0.2, -0.15) is 0 Å². The Kier molecular flexibility index (Phi) is 4.22. The van der Waals surface area contributed by atoms with Crippen LogP contribution in [-0.2, 0) is 9.59 Å². The first-order valence-corrected chi connectivity index (χ1v) is 6.44. The van der Waals surface area contributed by atoms with Crippen molar-refractivity contribution in [3.8, 4) is 5.75 Å². The highest BCUT2D eigenvalue weighted by molar-refractivity contribution is 5.97. The fourth-order valence-electron chi connectivity index (χ4n) is 2.39. The van der Waals surface area contributed by atoms with E-state index in [4.69, 9.17) is 4.74 Å². The molecule has 20 heavy (non-hydrogen) atoms. The van der Waals surface area contributed by atoms with E-state index in [1.54, 1.807) is 6.07 Å². The maximum absolute atomic E-state index is 13.5. The molecule has 0 radical (unpaired) electrons. The molecule has 1 aliphatic rings. The molecule has 1 atom stereocenters. The molecule has 6 heteroatoms. The van der Waals surface area contributed by atoms with Crippen LogP contribution in [0.5, 0.6) is 5.75 Å². The van der Waals surface area contributed by atoms with Crippen LogP contribution >= 0.6 is 0 Å². The van der Waals surface area contributed by atoms with Gasteiger partial charge in [-0.15, -0.1) is 0 Å². The van der Waals surface area contributed by atoms with Crippen LogP contribution in [0.4, 0.5) is 10.1 Å². The molecule has 2 amide bonds. The summed E-state index contributed by atoms with van der Waals surface area (Å²) in [4.78, 5) is 25.1. The summed E-state index contributed by atoms with van der Waals surface area (Å²) in [7, 11) is 1.37. The van der Waals surface area contributed by atoms with Gasteiger partial charge in [0.2, 0.25) is 11.8 Å².